The highest BCUT2D eigenvalue weighted by Gasteiger charge is 2.12. The summed E-state index contributed by atoms with van der Waals surface area (Å²) in [6.45, 7) is 2.46. The Hall–Kier alpha value is -3.40. The van der Waals surface area contributed by atoms with Crippen LogP contribution in [-0.4, -0.2) is 21.4 Å². The summed E-state index contributed by atoms with van der Waals surface area (Å²) in [6, 6.07) is 18.0. The van der Waals surface area contributed by atoms with Gasteiger partial charge in [-0.3, -0.25) is 4.79 Å². The number of carbonyl (C=O) groups is 2. The van der Waals surface area contributed by atoms with Crippen LogP contribution in [0.1, 0.15) is 37.5 Å². The Morgan fingerprint density at radius 2 is 1.73 bits per heavy atom. The molecule has 1 heterocycles. The Labute approximate surface area is 152 Å². The van der Waals surface area contributed by atoms with E-state index in [1.807, 2.05) is 54.1 Å². The van der Waals surface area contributed by atoms with Crippen molar-refractivity contribution in [2.75, 3.05) is 0 Å². The highest BCUT2D eigenvalue weighted by atomic mass is 16.4. The third-order valence-corrected chi connectivity index (χ3v) is 4.17. The quantitative estimate of drug-likeness (QED) is 0.672. The Kier molecular flexibility index (Phi) is 5.13. The minimum Gasteiger partial charge on any atom is -0.478 e. The Balaban J connectivity index is 1.79. The summed E-state index contributed by atoms with van der Waals surface area (Å²) in [6.07, 6.45) is 5.46. The predicted molar refractivity (Wildman–Crippen MR) is 101 cm³/mol. The van der Waals surface area contributed by atoms with Crippen molar-refractivity contribution in [1.29, 1.82) is 0 Å². The molecule has 26 heavy (non-hydrogen) atoms. The third-order valence-electron chi connectivity index (χ3n) is 4.17. The number of hydrogen-bond acceptors (Lipinski definition) is 2. The number of nitrogens with zero attached hydrogens (tertiary/aromatic N) is 1. The van der Waals surface area contributed by atoms with Crippen molar-refractivity contribution in [3.63, 3.8) is 0 Å². The van der Waals surface area contributed by atoms with Gasteiger partial charge < -0.3 is 9.67 Å². The average Bonchev–Trinajstić information content (AvgIpc) is 3.10. The summed E-state index contributed by atoms with van der Waals surface area (Å²) >= 11 is 0. The Morgan fingerprint density at radius 3 is 2.46 bits per heavy atom. The molecule has 2 aromatic carbocycles. The normalized spacial score (nSPS) is 11.0. The fourth-order valence-corrected chi connectivity index (χ4v) is 2.76. The van der Waals surface area contributed by atoms with Crippen LogP contribution in [0.25, 0.3) is 6.08 Å². The number of rotatable bonds is 6. The minimum absolute atomic E-state index is 0.0330. The maximum absolute atomic E-state index is 12.7. The standard InChI is InChI=1S/C22H19NO3/c1-16-10-12-18(13-11-16)21(24)20-9-5-15-23(20)14-4-7-17-6-2-3-8-19(17)22(25)26/h2-13,15H,14H2,1H3,(H,25,26). The Bertz CT molecular complexity index is 965. The topological polar surface area (TPSA) is 59.3 Å². The van der Waals surface area contributed by atoms with Crippen LogP contribution < -0.4 is 0 Å². The molecule has 0 radical (unpaired) electrons. The van der Waals surface area contributed by atoms with Crippen LogP contribution in [0.3, 0.4) is 0 Å². The molecule has 0 aliphatic heterocycles. The van der Waals surface area contributed by atoms with Crippen LogP contribution in [0.15, 0.2) is 72.9 Å². The first-order valence-corrected chi connectivity index (χ1v) is 8.31. The summed E-state index contributed by atoms with van der Waals surface area (Å²) in [5.74, 6) is -0.990. The van der Waals surface area contributed by atoms with Crippen LogP contribution in [-0.2, 0) is 6.54 Å². The molecule has 130 valence electrons. The monoisotopic (exact) mass is 345 g/mol. The first-order valence-electron chi connectivity index (χ1n) is 8.31. The van der Waals surface area contributed by atoms with E-state index >= 15 is 0 Å². The number of carbonyl (C=O) groups excluding carboxylic acids is 1. The van der Waals surface area contributed by atoms with Gasteiger partial charge in [0, 0.05) is 18.3 Å². The third kappa shape index (κ3) is 3.81. The largest absolute Gasteiger partial charge is 0.478 e. The van der Waals surface area contributed by atoms with Crippen LogP contribution >= 0.6 is 0 Å². The molecule has 3 aromatic rings. The van der Waals surface area contributed by atoms with Crippen molar-refractivity contribution in [2.45, 2.75) is 13.5 Å². The molecule has 0 aliphatic rings. The lowest BCUT2D eigenvalue weighted by Crippen LogP contribution is -2.09. The van der Waals surface area contributed by atoms with Gasteiger partial charge in [0.15, 0.2) is 0 Å². The molecule has 0 unspecified atom stereocenters. The molecule has 0 bridgehead atoms. The second-order valence-corrected chi connectivity index (χ2v) is 6.04. The fraction of sp³-hybridized carbons (Fsp3) is 0.0909. The number of carboxylic acids is 1. The maximum Gasteiger partial charge on any atom is 0.336 e. The predicted octanol–water partition coefficient (Wildman–Crippen LogP) is 4.44. The molecule has 0 saturated carbocycles. The lowest BCUT2D eigenvalue weighted by atomic mass is 10.1. The number of benzene rings is 2. The van der Waals surface area contributed by atoms with Crippen molar-refractivity contribution in [3.8, 4) is 0 Å². The first-order chi connectivity index (χ1) is 12.6. The number of aromatic nitrogens is 1. The van der Waals surface area contributed by atoms with Gasteiger partial charge >= 0.3 is 5.97 Å². The second-order valence-electron chi connectivity index (χ2n) is 6.04. The van der Waals surface area contributed by atoms with Crippen LogP contribution in [0.4, 0.5) is 0 Å². The minimum atomic E-state index is -0.957. The van der Waals surface area contributed by atoms with E-state index in [2.05, 4.69) is 0 Å². The Morgan fingerprint density at radius 1 is 1.00 bits per heavy atom. The number of hydrogen-bond donors (Lipinski definition) is 1. The molecular formula is C22H19NO3. The van der Waals surface area contributed by atoms with Gasteiger partial charge in [0.2, 0.25) is 5.78 Å². The van der Waals surface area contributed by atoms with E-state index in [9.17, 15) is 14.7 Å². The molecule has 0 aliphatic carbocycles. The average molecular weight is 345 g/mol. The van der Waals surface area contributed by atoms with Crippen LogP contribution in [0.5, 0.6) is 0 Å². The SMILES string of the molecule is Cc1ccc(C(=O)c2cccn2CC=Cc2ccccc2C(=O)O)cc1. The smallest absolute Gasteiger partial charge is 0.336 e. The second kappa shape index (κ2) is 7.66. The molecule has 0 fully saturated rings. The number of carboxylic acid groups (broad SMARTS) is 1. The van der Waals surface area contributed by atoms with Gasteiger partial charge in [-0.15, -0.1) is 0 Å². The molecular weight excluding hydrogens is 326 g/mol. The zero-order valence-electron chi connectivity index (χ0n) is 14.4. The lowest BCUT2D eigenvalue weighted by molar-refractivity contribution is 0.0696. The van der Waals surface area contributed by atoms with Crippen molar-refractivity contribution in [2.24, 2.45) is 0 Å². The molecule has 3 rings (SSSR count). The summed E-state index contributed by atoms with van der Waals surface area (Å²) < 4.78 is 1.85. The summed E-state index contributed by atoms with van der Waals surface area (Å²) in [5, 5.41) is 9.23. The first kappa shape index (κ1) is 17.4. The van der Waals surface area contributed by atoms with E-state index in [0.29, 0.717) is 23.4 Å². The highest BCUT2D eigenvalue weighted by molar-refractivity contribution is 6.08. The van der Waals surface area contributed by atoms with Crippen molar-refractivity contribution in [3.05, 3.63) is 101 Å². The van der Waals surface area contributed by atoms with Gasteiger partial charge in [0.05, 0.1) is 11.3 Å². The number of aryl methyl sites for hydroxylation is 1. The summed E-state index contributed by atoms with van der Waals surface area (Å²) in [7, 11) is 0. The van der Waals surface area contributed by atoms with Gasteiger partial charge in [-0.05, 0) is 30.7 Å². The van der Waals surface area contributed by atoms with E-state index in [0.717, 1.165) is 5.56 Å². The zero-order chi connectivity index (χ0) is 18.5. The number of allylic oxidation sites excluding steroid dienone is 1. The zero-order valence-corrected chi connectivity index (χ0v) is 14.4. The summed E-state index contributed by atoms with van der Waals surface area (Å²) in [5.41, 5.74) is 3.25. The van der Waals surface area contributed by atoms with E-state index in [4.69, 9.17) is 0 Å². The fourth-order valence-electron chi connectivity index (χ4n) is 2.76. The molecule has 0 saturated heterocycles. The molecule has 1 aromatic heterocycles. The molecule has 4 nitrogen and oxygen atoms in total. The molecule has 1 N–H and O–H groups in total. The van der Waals surface area contributed by atoms with Gasteiger partial charge in [-0.2, -0.15) is 0 Å². The van der Waals surface area contributed by atoms with Gasteiger partial charge in [0.25, 0.3) is 0 Å². The number of aromatic carboxylic acids is 1. The highest BCUT2D eigenvalue weighted by Crippen LogP contribution is 2.14. The van der Waals surface area contributed by atoms with Gasteiger partial charge in [-0.25, -0.2) is 4.79 Å². The molecule has 0 spiro atoms. The molecule has 0 atom stereocenters. The van der Waals surface area contributed by atoms with E-state index in [1.165, 1.54) is 0 Å². The van der Waals surface area contributed by atoms with E-state index in [1.54, 1.807) is 36.4 Å². The van der Waals surface area contributed by atoms with Gasteiger partial charge in [0.1, 0.15) is 0 Å². The van der Waals surface area contributed by atoms with Gasteiger partial charge in [-0.1, -0.05) is 60.2 Å². The van der Waals surface area contributed by atoms with Crippen molar-refractivity contribution >= 4 is 17.8 Å². The lowest BCUT2D eigenvalue weighted by Gasteiger charge is -2.07. The van der Waals surface area contributed by atoms with Crippen molar-refractivity contribution in [1.82, 2.24) is 4.57 Å². The van der Waals surface area contributed by atoms with E-state index < -0.39 is 5.97 Å². The number of ketones is 1. The molecule has 0 amide bonds. The van der Waals surface area contributed by atoms with Crippen molar-refractivity contribution < 1.29 is 14.7 Å². The van der Waals surface area contributed by atoms with Crippen LogP contribution in [0.2, 0.25) is 0 Å². The van der Waals surface area contributed by atoms with E-state index in [-0.39, 0.29) is 11.3 Å². The maximum atomic E-state index is 12.7. The summed E-state index contributed by atoms with van der Waals surface area (Å²) in [4.78, 5) is 23.9. The molecule has 4 heteroatoms. The van der Waals surface area contributed by atoms with Crippen LogP contribution in [0, 0.1) is 6.92 Å².